The maximum absolute atomic E-state index is 5.79. The summed E-state index contributed by atoms with van der Waals surface area (Å²) >= 11 is 11.5. The molecule has 1 aliphatic rings. The summed E-state index contributed by atoms with van der Waals surface area (Å²) in [7, 11) is 0. The molecule has 5 heteroatoms. The van der Waals surface area contributed by atoms with Crippen molar-refractivity contribution in [2.45, 2.75) is 32.2 Å². The van der Waals surface area contributed by atoms with Crippen LogP contribution in [0.25, 0.3) is 0 Å². The van der Waals surface area contributed by atoms with Gasteiger partial charge in [-0.2, -0.15) is 0 Å². The van der Waals surface area contributed by atoms with E-state index in [2.05, 4.69) is 22.2 Å². The first-order valence-electron chi connectivity index (χ1n) is 5.12. The Morgan fingerprint density at radius 3 is 2.67 bits per heavy atom. The Morgan fingerprint density at radius 1 is 1.40 bits per heavy atom. The number of halogens is 2. The first-order chi connectivity index (χ1) is 7.15. The summed E-state index contributed by atoms with van der Waals surface area (Å²) in [5, 5.41) is 3.86. The minimum Gasteiger partial charge on any atom is -0.367 e. The third kappa shape index (κ3) is 2.73. The van der Waals surface area contributed by atoms with Gasteiger partial charge in [-0.15, -0.1) is 0 Å². The van der Waals surface area contributed by atoms with Crippen molar-refractivity contribution in [2.75, 3.05) is 5.32 Å². The van der Waals surface area contributed by atoms with Crippen LogP contribution in [-0.4, -0.2) is 16.0 Å². The van der Waals surface area contributed by atoms with Gasteiger partial charge in [-0.05, 0) is 37.3 Å². The highest BCUT2D eigenvalue weighted by Crippen LogP contribution is 2.31. The van der Waals surface area contributed by atoms with E-state index in [1.165, 1.54) is 19.3 Å². The molecule has 0 spiro atoms. The van der Waals surface area contributed by atoms with Gasteiger partial charge in [-0.3, -0.25) is 0 Å². The van der Waals surface area contributed by atoms with E-state index in [4.69, 9.17) is 23.2 Å². The Labute approximate surface area is 99.2 Å². The Bertz CT molecular complexity index is 332. The van der Waals surface area contributed by atoms with Crippen molar-refractivity contribution in [3.8, 4) is 0 Å². The molecule has 1 aromatic rings. The van der Waals surface area contributed by atoms with Gasteiger partial charge in [0, 0.05) is 12.1 Å². The summed E-state index contributed by atoms with van der Waals surface area (Å²) < 4.78 is 0. The molecule has 0 bridgehead atoms. The van der Waals surface area contributed by atoms with Crippen LogP contribution in [0.2, 0.25) is 10.4 Å². The average molecular weight is 246 g/mol. The van der Waals surface area contributed by atoms with Gasteiger partial charge in [0.1, 0.15) is 11.0 Å². The average Bonchev–Trinajstić information content (AvgIpc) is 1.96. The summed E-state index contributed by atoms with van der Waals surface area (Å²) in [6.07, 6.45) is 3.92. The molecule has 1 atom stereocenters. The monoisotopic (exact) mass is 245 g/mol. The fourth-order valence-electron chi connectivity index (χ4n) is 1.75. The van der Waals surface area contributed by atoms with E-state index in [1.54, 1.807) is 6.07 Å². The standard InChI is InChI=1S/C10H13Cl2N3/c1-6(7-3-2-4-7)13-9-5-8(11)14-10(12)15-9/h5-7H,2-4H2,1H3,(H,13,14,15). The predicted octanol–water partition coefficient (Wildman–Crippen LogP) is 3.38. The lowest BCUT2D eigenvalue weighted by Crippen LogP contribution is -2.31. The lowest BCUT2D eigenvalue weighted by atomic mass is 9.80. The number of hydrogen-bond donors (Lipinski definition) is 1. The van der Waals surface area contributed by atoms with Crippen molar-refractivity contribution in [3.63, 3.8) is 0 Å². The van der Waals surface area contributed by atoms with Crippen molar-refractivity contribution in [1.82, 2.24) is 9.97 Å². The highest BCUT2D eigenvalue weighted by molar-refractivity contribution is 6.32. The van der Waals surface area contributed by atoms with Crippen LogP contribution in [0, 0.1) is 5.92 Å². The molecule has 82 valence electrons. The van der Waals surface area contributed by atoms with Gasteiger partial charge in [0.15, 0.2) is 0 Å². The molecule has 0 amide bonds. The third-order valence-electron chi connectivity index (χ3n) is 2.90. The fourth-order valence-corrected chi connectivity index (χ4v) is 2.16. The lowest BCUT2D eigenvalue weighted by Gasteiger charge is -2.32. The molecule has 1 unspecified atom stereocenters. The fraction of sp³-hybridized carbons (Fsp3) is 0.600. The number of aromatic nitrogens is 2. The second-order valence-electron chi connectivity index (χ2n) is 3.97. The van der Waals surface area contributed by atoms with Gasteiger partial charge < -0.3 is 5.32 Å². The van der Waals surface area contributed by atoms with Crippen LogP contribution in [0.15, 0.2) is 6.07 Å². The maximum atomic E-state index is 5.79. The zero-order valence-electron chi connectivity index (χ0n) is 8.50. The highest BCUT2D eigenvalue weighted by Gasteiger charge is 2.24. The Morgan fingerprint density at radius 2 is 2.13 bits per heavy atom. The molecule has 15 heavy (non-hydrogen) atoms. The molecule has 0 aromatic carbocycles. The molecule has 2 rings (SSSR count). The molecule has 0 radical (unpaired) electrons. The van der Waals surface area contributed by atoms with Crippen molar-refractivity contribution in [1.29, 1.82) is 0 Å². The first-order valence-corrected chi connectivity index (χ1v) is 5.87. The predicted molar refractivity (Wildman–Crippen MR) is 62.5 cm³/mol. The summed E-state index contributed by atoms with van der Waals surface area (Å²) in [5.41, 5.74) is 0. The Kier molecular flexibility index (Phi) is 3.32. The smallest absolute Gasteiger partial charge is 0.225 e. The summed E-state index contributed by atoms with van der Waals surface area (Å²) in [4.78, 5) is 7.87. The van der Waals surface area contributed by atoms with Crippen molar-refractivity contribution in [2.24, 2.45) is 5.92 Å². The number of hydrogen-bond acceptors (Lipinski definition) is 3. The normalized spacial score (nSPS) is 18.3. The molecule has 0 saturated heterocycles. The van der Waals surface area contributed by atoms with Crippen LogP contribution in [0.1, 0.15) is 26.2 Å². The van der Waals surface area contributed by atoms with Gasteiger partial charge in [-0.25, -0.2) is 9.97 Å². The van der Waals surface area contributed by atoms with E-state index in [1.807, 2.05) is 0 Å². The van der Waals surface area contributed by atoms with E-state index in [9.17, 15) is 0 Å². The van der Waals surface area contributed by atoms with Gasteiger partial charge in [0.25, 0.3) is 0 Å². The van der Waals surface area contributed by atoms with E-state index in [0.717, 1.165) is 5.92 Å². The van der Waals surface area contributed by atoms with Crippen LogP contribution < -0.4 is 5.32 Å². The van der Waals surface area contributed by atoms with Crippen LogP contribution in [0.5, 0.6) is 0 Å². The molecule has 1 heterocycles. The third-order valence-corrected chi connectivity index (χ3v) is 3.26. The topological polar surface area (TPSA) is 37.8 Å². The van der Waals surface area contributed by atoms with Gasteiger partial charge >= 0.3 is 0 Å². The van der Waals surface area contributed by atoms with Crippen LogP contribution in [0.4, 0.5) is 5.82 Å². The van der Waals surface area contributed by atoms with Crippen LogP contribution in [-0.2, 0) is 0 Å². The molecule has 1 aromatic heterocycles. The SMILES string of the molecule is CC(Nc1cc(Cl)nc(Cl)n1)C1CCC1. The number of rotatable bonds is 3. The van der Waals surface area contributed by atoms with E-state index < -0.39 is 0 Å². The second kappa shape index (κ2) is 4.54. The zero-order valence-corrected chi connectivity index (χ0v) is 10.0. The second-order valence-corrected chi connectivity index (χ2v) is 4.69. The van der Waals surface area contributed by atoms with Crippen LogP contribution in [0.3, 0.4) is 0 Å². The first kappa shape index (κ1) is 11.0. The zero-order chi connectivity index (χ0) is 10.8. The van der Waals surface area contributed by atoms with Gasteiger partial charge in [0.05, 0.1) is 0 Å². The maximum Gasteiger partial charge on any atom is 0.225 e. The lowest BCUT2D eigenvalue weighted by molar-refractivity contribution is 0.285. The molecular weight excluding hydrogens is 233 g/mol. The quantitative estimate of drug-likeness (QED) is 0.656. The molecule has 1 aliphatic carbocycles. The minimum atomic E-state index is 0.186. The Hall–Kier alpha value is -0.540. The summed E-state index contributed by atoms with van der Waals surface area (Å²) in [6, 6.07) is 2.11. The van der Waals surface area contributed by atoms with E-state index >= 15 is 0 Å². The molecule has 1 saturated carbocycles. The summed E-state index contributed by atoms with van der Waals surface area (Å²) in [5.74, 6) is 1.46. The molecule has 1 fully saturated rings. The van der Waals surface area contributed by atoms with E-state index in [-0.39, 0.29) is 5.28 Å². The number of nitrogens with zero attached hydrogens (tertiary/aromatic N) is 2. The van der Waals surface area contributed by atoms with Crippen molar-refractivity contribution < 1.29 is 0 Å². The minimum absolute atomic E-state index is 0.186. The van der Waals surface area contributed by atoms with Gasteiger partial charge in [-0.1, -0.05) is 18.0 Å². The largest absolute Gasteiger partial charge is 0.367 e. The van der Waals surface area contributed by atoms with Crippen LogP contribution >= 0.6 is 23.2 Å². The number of nitrogens with one attached hydrogen (secondary N) is 1. The van der Waals surface area contributed by atoms with Crippen molar-refractivity contribution in [3.05, 3.63) is 16.5 Å². The summed E-state index contributed by atoms with van der Waals surface area (Å²) in [6.45, 7) is 2.16. The highest BCUT2D eigenvalue weighted by atomic mass is 35.5. The molecule has 1 N–H and O–H groups in total. The van der Waals surface area contributed by atoms with E-state index in [0.29, 0.717) is 17.0 Å². The number of anilines is 1. The Balaban J connectivity index is 2.02. The van der Waals surface area contributed by atoms with Gasteiger partial charge in [0.2, 0.25) is 5.28 Å². The molecular formula is C10H13Cl2N3. The van der Waals surface area contributed by atoms with Crippen molar-refractivity contribution >= 4 is 29.0 Å². The molecule has 0 aliphatic heterocycles. The molecule has 3 nitrogen and oxygen atoms in total.